The number of carbonyl (C=O) groups excluding carboxylic acids is 1. The van der Waals surface area contributed by atoms with Crippen LogP contribution < -0.4 is 15.4 Å². The van der Waals surface area contributed by atoms with Crippen LogP contribution in [-0.2, 0) is 4.79 Å². The molecule has 0 radical (unpaired) electrons. The Balaban J connectivity index is 1.71. The Morgan fingerprint density at radius 3 is 2.71 bits per heavy atom. The zero-order chi connectivity index (χ0) is 27.1. The number of aromatic nitrogens is 2. The summed E-state index contributed by atoms with van der Waals surface area (Å²) in [7, 11) is 0. The second-order valence-corrected chi connectivity index (χ2v) is 8.12. The van der Waals surface area contributed by atoms with Crippen LogP contribution in [0.1, 0.15) is 19.4 Å². The molecule has 0 saturated carbocycles. The lowest BCUT2D eigenvalue weighted by molar-refractivity contribution is -0.111. The number of carbonyl (C=O) groups is 1. The highest BCUT2D eigenvalue weighted by Crippen LogP contribution is 2.36. The first-order chi connectivity index (χ1) is 18.4. The van der Waals surface area contributed by atoms with E-state index in [-0.39, 0.29) is 23.0 Å². The summed E-state index contributed by atoms with van der Waals surface area (Å²) in [4.78, 5) is 23.4. The summed E-state index contributed by atoms with van der Waals surface area (Å²) in [5.74, 6) is 0.577. The fourth-order valence-corrected chi connectivity index (χ4v) is 3.66. The fourth-order valence-electron chi connectivity index (χ4n) is 3.66. The summed E-state index contributed by atoms with van der Waals surface area (Å²) in [5.41, 5.74) is 0.690. The number of terminal acetylenes is 1. The van der Waals surface area contributed by atoms with Gasteiger partial charge in [0.1, 0.15) is 18.4 Å². The van der Waals surface area contributed by atoms with Gasteiger partial charge in [0, 0.05) is 35.7 Å². The van der Waals surface area contributed by atoms with Gasteiger partial charge in [-0.1, -0.05) is 25.8 Å². The number of amides is 1. The van der Waals surface area contributed by atoms with Gasteiger partial charge in [0.05, 0.1) is 23.2 Å². The zero-order valence-electron chi connectivity index (χ0n) is 20.8. The minimum absolute atomic E-state index is 0.157. The molecule has 2 N–H and O–H groups in total. The number of fused-ring (bicyclic) bond motifs is 1. The molecule has 0 spiro atoms. The Morgan fingerprint density at radius 1 is 1.18 bits per heavy atom. The van der Waals surface area contributed by atoms with Gasteiger partial charge in [0.25, 0.3) is 0 Å². The maximum Gasteiger partial charge on any atom is 0.248 e. The van der Waals surface area contributed by atoms with Gasteiger partial charge >= 0.3 is 0 Å². The van der Waals surface area contributed by atoms with Crippen molar-refractivity contribution in [3.63, 3.8) is 0 Å². The van der Waals surface area contributed by atoms with Crippen LogP contribution in [-0.4, -0.2) is 40.4 Å². The SMILES string of the molecule is C#Cc1cc(F)c(F)c(Nc2ncnc3cc(Oc4ccoc4)c(NC(=O)/C=C/CN(CC)CC)cc23)c1. The second-order valence-electron chi connectivity index (χ2n) is 8.12. The van der Waals surface area contributed by atoms with E-state index in [0.29, 0.717) is 34.6 Å². The minimum Gasteiger partial charge on any atom is -0.469 e. The van der Waals surface area contributed by atoms with Crippen molar-refractivity contribution in [1.82, 2.24) is 14.9 Å². The van der Waals surface area contributed by atoms with Crippen LogP contribution in [0, 0.1) is 24.0 Å². The number of benzene rings is 2. The van der Waals surface area contributed by atoms with Crippen molar-refractivity contribution in [2.45, 2.75) is 13.8 Å². The molecule has 4 aromatic rings. The van der Waals surface area contributed by atoms with Crippen LogP contribution in [0.25, 0.3) is 10.9 Å². The monoisotopic (exact) mass is 517 g/mol. The molecule has 0 saturated heterocycles. The average molecular weight is 518 g/mol. The van der Waals surface area contributed by atoms with Gasteiger partial charge in [0.15, 0.2) is 23.1 Å². The number of anilines is 3. The highest BCUT2D eigenvalue weighted by Gasteiger charge is 2.16. The summed E-state index contributed by atoms with van der Waals surface area (Å²) in [6.45, 7) is 6.43. The number of hydrogen-bond donors (Lipinski definition) is 2. The van der Waals surface area contributed by atoms with Gasteiger partial charge in [0.2, 0.25) is 5.91 Å². The van der Waals surface area contributed by atoms with Gasteiger partial charge in [-0.25, -0.2) is 18.7 Å². The van der Waals surface area contributed by atoms with E-state index in [1.54, 1.807) is 24.3 Å². The van der Waals surface area contributed by atoms with Gasteiger partial charge < -0.3 is 24.7 Å². The number of halogens is 2. The van der Waals surface area contributed by atoms with E-state index >= 15 is 0 Å². The molecule has 8 nitrogen and oxygen atoms in total. The molecule has 0 aliphatic heterocycles. The summed E-state index contributed by atoms with van der Waals surface area (Å²) >= 11 is 0. The largest absolute Gasteiger partial charge is 0.469 e. The van der Waals surface area contributed by atoms with E-state index in [2.05, 4.69) is 31.4 Å². The molecule has 2 heterocycles. The van der Waals surface area contributed by atoms with Gasteiger partial charge in [-0.05, 0) is 31.3 Å². The Morgan fingerprint density at radius 2 is 2.00 bits per heavy atom. The Labute approximate surface area is 218 Å². The first-order valence-electron chi connectivity index (χ1n) is 11.8. The third kappa shape index (κ3) is 6.14. The maximum atomic E-state index is 14.5. The highest BCUT2D eigenvalue weighted by atomic mass is 19.2. The molecule has 38 heavy (non-hydrogen) atoms. The molecule has 0 aliphatic carbocycles. The molecule has 0 fully saturated rings. The van der Waals surface area contributed by atoms with Gasteiger partial charge in [-0.15, -0.1) is 6.42 Å². The molecule has 2 aromatic heterocycles. The number of furan rings is 1. The highest BCUT2D eigenvalue weighted by molar-refractivity contribution is 6.03. The number of ether oxygens (including phenoxy) is 1. The van der Waals surface area contributed by atoms with Gasteiger partial charge in [-0.2, -0.15) is 0 Å². The molecule has 0 aliphatic rings. The molecule has 10 heteroatoms. The standard InChI is InChI=1S/C28H25F2N5O3/c1-4-18-12-21(29)27(30)24(13-18)34-28-20-14-23(33-26(36)8-7-10-35(5-2)6-3)25(15-22(20)31-17-32-28)38-19-9-11-37-16-19/h1,7-9,11-17H,5-6,10H2,2-3H3,(H,33,36)(H,31,32,34)/b8-7+. The number of nitrogens with zero attached hydrogens (tertiary/aromatic N) is 3. The predicted molar refractivity (Wildman–Crippen MR) is 141 cm³/mol. The molecule has 4 rings (SSSR count). The van der Waals surface area contributed by atoms with Crippen molar-refractivity contribution >= 4 is 34.0 Å². The predicted octanol–water partition coefficient (Wildman–Crippen LogP) is 5.85. The zero-order valence-corrected chi connectivity index (χ0v) is 20.8. The first kappa shape index (κ1) is 26.3. The Hall–Kier alpha value is -4.75. The number of likely N-dealkylation sites (N-methyl/N-ethyl adjacent to an activating group) is 1. The van der Waals surface area contributed by atoms with E-state index in [0.717, 1.165) is 19.2 Å². The lowest BCUT2D eigenvalue weighted by atomic mass is 10.1. The molecule has 0 bridgehead atoms. The maximum absolute atomic E-state index is 14.5. The molecule has 0 unspecified atom stereocenters. The third-order valence-electron chi connectivity index (χ3n) is 5.69. The first-order valence-corrected chi connectivity index (χ1v) is 11.8. The molecule has 194 valence electrons. The molecule has 2 aromatic carbocycles. The average Bonchev–Trinajstić information content (AvgIpc) is 3.43. The van der Waals surface area contributed by atoms with Gasteiger partial charge in [-0.3, -0.25) is 4.79 Å². The third-order valence-corrected chi connectivity index (χ3v) is 5.69. The second kappa shape index (κ2) is 12.0. The lowest BCUT2D eigenvalue weighted by Gasteiger charge is -2.15. The van der Waals surface area contributed by atoms with E-state index < -0.39 is 11.6 Å². The van der Waals surface area contributed by atoms with Crippen molar-refractivity contribution in [2.75, 3.05) is 30.3 Å². The van der Waals surface area contributed by atoms with Crippen molar-refractivity contribution in [3.8, 4) is 23.8 Å². The quantitative estimate of drug-likeness (QED) is 0.201. The van der Waals surface area contributed by atoms with Crippen molar-refractivity contribution in [3.05, 3.63) is 78.5 Å². The van der Waals surface area contributed by atoms with Crippen LogP contribution in [0.3, 0.4) is 0 Å². The molecule has 1 amide bonds. The number of rotatable bonds is 10. The number of hydrogen-bond acceptors (Lipinski definition) is 7. The van der Waals surface area contributed by atoms with Crippen LogP contribution >= 0.6 is 0 Å². The van der Waals surface area contributed by atoms with E-state index in [1.807, 2.05) is 13.8 Å². The van der Waals surface area contributed by atoms with Crippen LogP contribution in [0.15, 0.2) is 65.8 Å². The summed E-state index contributed by atoms with van der Waals surface area (Å²) in [6, 6.07) is 7.02. The van der Waals surface area contributed by atoms with Crippen molar-refractivity contribution < 1.29 is 22.7 Å². The number of nitrogens with one attached hydrogen (secondary N) is 2. The van der Waals surface area contributed by atoms with E-state index in [1.165, 1.54) is 31.0 Å². The lowest BCUT2D eigenvalue weighted by Crippen LogP contribution is -2.23. The van der Waals surface area contributed by atoms with Crippen LogP contribution in [0.5, 0.6) is 11.5 Å². The van der Waals surface area contributed by atoms with Crippen molar-refractivity contribution in [2.24, 2.45) is 0 Å². The van der Waals surface area contributed by atoms with E-state index in [9.17, 15) is 13.6 Å². The Bertz CT molecular complexity index is 1510. The summed E-state index contributed by atoms with van der Waals surface area (Å²) in [5, 5.41) is 6.01. The topological polar surface area (TPSA) is 92.5 Å². The molecule has 0 atom stereocenters. The minimum atomic E-state index is -1.11. The Kier molecular flexibility index (Phi) is 8.30. The summed E-state index contributed by atoms with van der Waals surface area (Å²) < 4.78 is 39.5. The van der Waals surface area contributed by atoms with Crippen molar-refractivity contribution in [1.29, 1.82) is 0 Å². The summed E-state index contributed by atoms with van der Waals surface area (Å²) in [6.07, 6.45) is 12.7. The molecular formula is C28H25F2N5O3. The van der Waals surface area contributed by atoms with E-state index in [4.69, 9.17) is 15.6 Å². The fraction of sp³-hybridized carbons (Fsp3) is 0.179. The van der Waals surface area contributed by atoms with Crippen LogP contribution in [0.4, 0.5) is 26.0 Å². The smallest absolute Gasteiger partial charge is 0.248 e. The molecular weight excluding hydrogens is 492 g/mol. The normalized spacial score (nSPS) is 11.2. The van der Waals surface area contributed by atoms with Crippen LogP contribution in [0.2, 0.25) is 0 Å².